The van der Waals surface area contributed by atoms with Gasteiger partial charge in [0.15, 0.2) is 0 Å². The van der Waals surface area contributed by atoms with Gasteiger partial charge in [0, 0.05) is 14.8 Å². The van der Waals surface area contributed by atoms with Crippen molar-refractivity contribution in [2.24, 2.45) is 0 Å². The van der Waals surface area contributed by atoms with Gasteiger partial charge in [-0.2, -0.15) is 0 Å². The highest BCUT2D eigenvalue weighted by atomic mass is 79.9. The van der Waals surface area contributed by atoms with Gasteiger partial charge in [0.1, 0.15) is 10.3 Å². The largest absolute Gasteiger partial charge is 0.309 e. The first-order chi connectivity index (χ1) is 9.79. The second-order valence-electron chi connectivity index (χ2n) is 5.64. The maximum Gasteiger partial charge on any atom is 0.265 e. The number of hydrogen-bond acceptors (Lipinski definition) is 3. The Morgan fingerprint density at radius 2 is 1.90 bits per heavy atom. The van der Waals surface area contributed by atoms with Crippen LogP contribution in [0.5, 0.6) is 0 Å². The molecule has 1 heterocycles. The Kier molecular flexibility index (Phi) is 5.33. The number of rotatable bonds is 3. The zero-order valence-electron chi connectivity index (χ0n) is 12.0. The summed E-state index contributed by atoms with van der Waals surface area (Å²) < 4.78 is 1.56. The van der Waals surface area contributed by atoms with Gasteiger partial charge in [-0.05, 0) is 44.0 Å². The summed E-state index contributed by atoms with van der Waals surface area (Å²) in [6.07, 6.45) is 0. The number of nitrogens with zero attached hydrogens (tertiary/aromatic N) is 1. The summed E-state index contributed by atoms with van der Waals surface area (Å²) in [6.45, 7) is 6.14. The van der Waals surface area contributed by atoms with E-state index >= 15 is 0 Å². The summed E-state index contributed by atoms with van der Waals surface area (Å²) in [4.78, 5) is 20.6. The molecule has 0 aliphatic heterocycles. The minimum absolute atomic E-state index is 0.127. The van der Waals surface area contributed by atoms with Gasteiger partial charge in [0.25, 0.3) is 5.56 Å². The fourth-order valence-electron chi connectivity index (χ4n) is 1.78. The molecule has 0 bridgehead atoms. The van der Waals surface area contributed by atoms with E-state index in [2.05, 4.69) is 41.8 Å². The van der Waals surface area contributed by atoms with Crippen molar-refractivity contribution in [3.8, 4) is 0 Å². The predicted octanol–water partition coefficient (Wildman–Crippen LogP) is 4.88. The third kappa shape index (κ3) is 4.20. The van der Waals surface area contributed by atoms with Crippen LogP contribution in [0.4, 0.5) is 0 Å². The number of hydrogen-bond donors (Lipinski definition) is 1. The minimum atomic E-state index is -0.181. The third-order valence-corrected chi connectivity index (χ3v) is 5.60. The van der Waals surface area contributed by atoms with Gasteiger partial charge in [-0.1, -0.05) is 32.9 Å². The summed E-state index contributed by atoms with van der Waals surface area (Å²) >= 11 is 8.50. The first-order valence-electron chi connectivity index (χ1n) is 6.45. The van der Waals surface area contributed by atoms with E-state index in [9.17, 15) is 4.79 Å². The number of thioether (sulfide) groups is 1. The first-order valence-corrected chi connectivity index (χ1v) is 9.02. The van der Waals surface area contributed by atoms with Crippen LogP contribution in [-0.2, 0) is 11.2 Å². The van der Waals surface area contributed by atoms with Crippen LogP contribution in [0, 0.1) is 0 Å². The van der Waals surface area contributed by atoms with Crippen LogP contribution in [0.15, 0.2) is 42.9 Å². The number of halogens is 2. The van der Waals surface area contributed by atoms with Crippen LogP contribution in [-0.4, -0.2) is 9.97 Å². The summed E-state index contributed by atoms with van der Waals surface area (Å²) in [7, 11) is 0. The standard InChI is InChI=1S/C15H16Br2N2OS/c1-15(2,3)13-12(17)14(20)19-11(18-13)8-21-10-7-5-4-6-9(10)16/h4-7H,8H2,1-3H3,(H,18,19,20). The van der Waals surface area contributed by atoms with Crippen LogP contribution < -0.4 is 5.56 Å². The van der Waals surface area contributed by atoms with Crippen LogP contribution in [0.25, 0.3) is 0 Å². The van der Waals surface area contributed by atoms with Crippen molar-refractivity contribution in [1.29, 1.82) is 0 Å². The van der Waals surface area contributed by atoms with Crippen molar-refractivity contribution in [3.63, 3.8) is 0 Å². The average molecular weight is 432 g/mol. The second-order valence-corrected chi connectivity index (χ2v) is 8.31. The zero-order chi connectivity index (χ0) is 15.6. The number of benzene rings is 1. The maximum atomic E-state index is 12.0. The van der Waals surface area contributed by atoms with Crippen molar-refractivity contribution in [1.82, 2.24) is 9.97 Å². The van der Waals surface area contributed by atoms with Crippen molar-refractivity contribution in [3.05, 3.63) is 55.1 Å². The molecule has 1 N–H and O–H groups in total. The average Bonchev–Trinajstić information content (AvgIpc) is 2.40. The van der Waals surface area contributed by atoms with E-state index in [0.29, 0.717) is 16.0 Å². The molecule has 21 heavy (non-hydrogen) atoms. The first kappa shape index (κ1) is 16.8. The molecule has 0 fully saturated rings. The molecule has 0 saturated carbocycles. The molecule has 0 aliphatic carbocycles. The summed E-state index contributed by atoms with van der Waals surface area (Å²) in [5, 5.41) is 0. The number of aromatic amines is 1. The molecule has 112 valence electrons. The van der Waals surface area contributed by atoms with Gasteiger partial charge in [-0.15, -0.1) is 11.8 Å². The van der Waals surface area contributed by atoms with Gasteiger partial charge in [-0.3, -0.25) is 4.79 Å². The molecular weight excluding hydrogens is 416 g/mol. The highest BCUT2D eigenvalue weighted by Gasteiger charge is 2.22. The maximum absolute atomic E-state index is 12.0. The molecule has 0 unspecified atom stereocenters. The molecule has 3 nitrogen and oxygen atoms in total. The Hall–Kier alpha value is -0.590. The van der Waals surface area contributed by atoms with Crippen LogP contribution >= 0.6 is 43.6 Å². The number of aromatic nitrogens is 2. The van der Waals surface area contributed by atoms with E-state index < -0.39 is 0 Å². The van der Waals surface area contributed by atoms with Gasteiger partial charge in [0.2, 0.25) is 0 Å². The SMILES string of the molecule is CC(C)(C)c1nc(CSc2ccccc2Br)[nH]c(=O)c1Br. The lowest BCUT2D eigenvalue weighted by Crippen LogP contribution is -2.23. The van der Waals surface area contributed by atoms with Gasteiger partial charge >= 0.3 is 0 Å². The Morgan fingerprint density at radius 1 is 1.24 bits per heavy atom. The van der Waals surface area contributed by atoms with E-state index in [-0.39, 0.29) is 11.0 Å². The molecule has 0 amide bonds. The van der Waals surface area contributed by atoms with Crippen LogP contribution in [0.2, 0.25) is 0 Å². The Morgan fingerprint density at radius 3 is 2.52 bits per heavy atom. The fourth-order valence-corrected chi connectivity index (χ4v) is 4.00. The van der Waals surface area contributed by atoms with Crippen molar-refractivity contribution < 1.29 is 0 Å². The summed E-state index contributed by atoms with van der Waals surface area (Å²) in [5.74, 6) is 1.31. The van der Waals surface area contributed by atoms with Crippen molar-refractivity contribution in [2.75, 3.05) is 0 Å². The highest BCUT2D eigenvalue weighted by molar-refractivity contribution is 9.10. The van der Waals surface area contributed by atoms with Gasteiger partial charge in [0.05, 0.1) is 11.4 Å². The zero-order valence-corrected chi connectivity index (χ0v) is 16.0. The molecule has 1 aromatic heterocycles. The molecule has 0 radical (unpaired) electrons. The third-order valence-electron chi connectivity index (χ3n) is 2.82. The van der Waals surface area contributed by atoms with E-state index in [1.807, 2.05) is 45.0 Å². The molecule has 6 heteroatoms. The lowest BCUT2D eigenvalue weighted by Gasteiger charge is -2.19. The van der Waals surface area contributed by atoms with Crippen molar-refractivity contribution >= 4 is 43.6 Å². The Balaban J connectivity index is 2.28. The number of H-pyrrole nitrogens is 1. The van der Waals surface area contributed by atoms with E-state index in [1.54, 1.807) is 11.8 Å². The summed E-state index contributed by atoms with van der Waals surface area (Å²) in [5.41, 5.74) is 0.478. The Bertz CT molecular complexity index is 708. The molecule has 2 aromatic rings. The second kappa shape index (κ2) is 6.67. The smallest absolute Gasteiger partial charge is 0.265 e. The highest BCUT2D eigenvalue weighted by Crippen LogP contribution is 2.30. The quantitative estimate of drug-likeness (QED) is 0.704. The number of nitrogens with one attached hydrogen (secondary N) is 1. The molecule has 0 atom stereocenters. The predicted molar refractivity (Wildman–Crippen MR) is 95.0 cm³/mol. The molecule has 0 spiro atoms. The Labute approximate surface area is 145 Å². The monoisotopic (exact) mass is 430 g/mol. The van der Waals surface area contributed by atoms with Crippen molar-refractivity contribution in [2.45, 2.75) is 36.8 Å². The normalized spacial score (nSPS) is 11.7. The minimum Gasteiger partial charge on any atom is -0.309 e. The van der Waals surface area contributed by atoms with E-state index in [0.717, 1.165) is 15.1 Å². The van der Waals surface area contributed by atoms with E-state index in [1.165, 1.54) is 0 Å². The lowest BCUT2D eigenvalue weighted by molar-refractivity contribution is 0.558. The van der Waals surface area contributed by atoms with Crippen LogP contribution in [0.1, 0.15) is 32.3 Å². The molecule has 2 rings (SSSR count). The molecule has 0 saturated heterocycles. The topological polar surface area (TPSA) is 45.8 Å². The van der Waals surface area contributed by atoms with Gasteiger partial charge < -0.3 is 4.98 Å². The fraction of sp³-hybridized carbons (Fsp3) is 0.333. The van der Waals surface area contributed by atoms with E-state index in [4.69, 9.17) is 0 Å². The molecule has 0 aliphatic rings. The lowest BCUT2D eigenvalue weighted by atomic mass is 9.92. The van der Waals surface area contributed by atoms with Gasteiger partial charge in [-0.25, -0.2) is 4.98 Å². The molecule has 1 aromatic carbocycles. The summed E-state index contributed by atoms with van der Waals surface area (Å²) in [6, 6.07) is 8.01. The van der Waals surface area contributed by atoms with Crippen LogP contribution in [0.3, 0.4) is 0 Å². The molecular formula is C15H16Br2N2OS.